The van der Waals surface area contributed by atoms with Crippen LogP contribution in [0, 0.1) is 0 Å². The fraction of sp³-hybridized carbons (Fsp3) is 0.500. The van der Waals surface area contributed by atoms with Crippen LogP contribution in [-0.4, -0.2) is 19.0 Å². The Hall–Kier alpha value is -0.980. The van der Waals surface area contributed by atoms with E-state index in [0.717, 1.165) is 6.42 Å². The van der Waals surface area contributed by atoms with E-state index < -0.39 is 0 Å². The van der Waals surface area contributed by atoms with E-state index in [9.17, 15) is 0 Å². The Balaban J connectivity index is 2.63. The van der Waals surface area contributed by atoms with Crippen molar-refractivity contribution in [3.8, 4) is 0 Å². The number of hydrogen-bond donors (Lipinski definition) is 0. The Labute approximate surface area is 81.4 Å². The summed E-state index contributed by atoms with van der Waals surface area (Å²) in [5.74, 6) is 0. The molecule has 0 aliphatic heterocycles. The van der Waals surface area contributed by atoms with Gasteiger partial charge >= 0.3 is 0 Å². The van der Waals surface area contributed by atoms with E-state index in [2.05, 4.69) is 50.2 Å². The minimum Gasteiger partial charge on any atom is -0.378 e. The standard InChI is InChI=1S/C12H19N/c1-4-6-11-7-5-8-12(10-9-11)13(2)3/h7-10H,4-6H2,1-3H3. The van der Waals surface area contributed by atoms with Gasteiger partial charge in [-0.05, 0) is 18.9 Å². The van der Waals surface area contributed by atoms with E-state index in [0.29, 0.717) is 0 Å². The number of nitrogens with zero attached hydrogens (tertiary/aromatic N) is 1. The van der Waals surface area contributed by atoms with Crippen LogP contribution in [0.25, 0.3) is 0 Å². The highest BCUT2D eigenvalue weighted by molar-refractivity contribution is 5.31. The molecule has 0 saturated carbocycles. The summed E-state index contributed by atoms with van der Waals surface area (Å²) in [6, 6.07) is 0. The minimum absolute atomic E-state index is 1.07. The Morgan fingerprint density at radius 2 is 2.00 bits per heavy atom. The first-order valence-electron chi connectivity index (χ1n) is 4.98. The summed E-state index contributed by atoms with van der Waals surface area (Å²) < 4.78 is 0. The van der Waals surface area contributed by atoms with Crippen LogP contribution >= 0.6 is 0 Å². The topological polar surface area (TPSA) is 3.24 Å². The van der Waals surface area contributed by atoms with Crippen LogP contribution in [0.5, 0.6) is 0 Å². The van der Waals surface area contributed by atoms with Crippen molar-refractivity contribution in [1.29, 1.82) is 0 Å². The van der Waals surface area contributed by atoms with E-state index in [1.54, 1.807) is 0 Å². The van der Waals surface area contributed by atoms with Crippen molar-refractivity contribution in [3.63, 3.8) is 0 Å². The Bertz CT molecular complexity index is 244. The third-order valence-electron chi connectivity index (χ3n) is 2.23. The molecule has 0 aromatic rings. The zero-order valence-electron chi connectivity index (χ0n) is 8.88. The largest absolute Gasteiger partial charge is 0.378 e. The molecule has 13 heavy (non-hydrogen) atoms. The molecule has 1 rings (SSSR count). The number of likely N-dealkylation sites (N-methyl/N-ethyl adjacent to an activating group) is 1. The highest BCUT2D eigenvalue weighted by Gasteiger charge is 1.99. The minimum atomic E-state index is 1.07. The molecule has 0 fully saturated rings. The zero-order chi connectivity index (χ0) is 9.68. The maximum absolute atomic E-state index is 2.32. The van der Waals surface area contributed by atoms with E-state index in [4.69, 9.17) is 0 Å². The molecule has 0 aromatic carbocycles. The van der Waals surface area contributed by atoms with E-state index in [1.807, 2.05) is 0 Å². The quantitative estimate of drug-likeness (QED) is 0.640. The number of rotatable bonds is 3. The molecule has 0 atom stereocenters. The lowest BCUT2D eigenvalue weighted by molar-refractivity contribution is 0.528. The van der Waals surface area contributed by atoms with Gasteiger partial charge in [-0.3, -0.25) is 0 Å². The second kappa shape index (κ2) is 4.90. The van der Waals surface area contributed by atoms with Gasteiger partial charge in [0, 0.05) is 19.8 Å². The molecule has 0 saturated heterocycles. The maximum Gasteiger partial charge on any atom is 0.0323 e. The molecule has 0 unspecified atom stereocenters. The summed E-state index contributed by atoms with van der Waals surface area (Å²) in [5, 5.41) is 0. The van der Waals surface area contributed by atoms with Crippen molar-refractivity contribution in [3.05, 3.63) is 35.6 Å². The molecule has 0 heterocycles. The van der Waals surface area contributed by atoms with Gasteiger partial charge in [0.1, 0.15) is 0 Å². The van der Waals surface area contributed by atoms with Crippen LogP contribution in [0.15, 0.2) is 35.6 Å². The summed E-state index contributed by atoms with van der Waals surface area (Å²) in [6.07, 6.45) is 12.5. The molecule has 1 aliphatic carbocycles. The lowest BCUT2D eigenvalue weighted by Gasteiger charge is -2.12. The zero-order valence-corrected chi connectivity index (χ0v) is 8.88. The Kier molecular flexibility index (Phi) is 3.81. The van der Waals surface area contributed by atoms with Crippen molar-refractivity contribution >= 4 is 0 Å². The molecule has 1 heteroatoms. The van der Waals surface area contributed by atoms with Crippen LogP contribution in [0.1, 0.15) is 26.2 Å². The molecule has 0 radical (unpaired) electrons. The van der Waals surface area contributed by atoms with Crippen molar-refractivity contribution in [2.75, 3.05) is 14.1 Å². The SMILES string of the molecule is CCCC1=CCC=C(N(C)C)C=C1. The van der Waals surface area contributed by atoms with Gasteiger partial charge in [0.2, 0.25) is 0 Å². The maximum atomic E-state index is 2.32. The van der Waals surface area contributed by atoms with Gasteiger partial charge in [-0.2, -0.15) is 0 Å². The molecular weight excluding hydrogens is 158 g/mol. The third-order valence-corrected chi connectivity index (χ3v) is 2.23. The smallest absolute Gasteiger partial charge is 0.0323 e. The van der Waals surface area contributed by atoms with Gasteiger partial charge in [0.15, 0.2) is 0 Å². The van der Waals surface area contributed by atoms with Crippen LogP contribution in [0.2, 0.25) is 0 Å². The highest BCUT2D eigenvalue weighted by atomic mass is 15.1. The highest BCUT2D eigenvalue weighted by Crippen LogP contribution is 2.15. The van der Waals surface area contributed by atoms with Crippen LogP contribution in [0.3, 0.4) is 0 Å². The monoisotopic (exact) mass is 177 g/mol. The first kappa shape index (κ1) is 10.1. The molecule has 0 spiro atoms. The normalized spacial score (nSPS) is 16.2. The van der Waals surface area contributed by atoms with Crippen molar-refractivity contribution in [2.45, 2.75) is 26.2 Å². The van der Waals surface area contributed by atoms with E-state index in [-0.39, 0.29) is 0 Å². The second-order valence-electron chi connectivity index (χ2n) is 3.62. The summed E-state index contributed by atoms with van der Waals surface area (Å²) >= 11 is 0. The fourth-order valence-electron chi connectivity index (χ4n) is 1.47. The molecule has 0 bridgehead atoms. The average Bonchev–Trinajstić information content (AvgIpc) is 2.30. The van der Waals surface area contributed by atoms with E-state index >= 15 is 0 Å². The van der Waals surface area contributed by atoms with Crippen molar-refractivity contribution < 1.29 is 0 Å². The van der Waals surface area contributed by atoms with E-state index in [1.165, 1.54) is 24.1 Å². The van der Waals surface area contributed by atoms with Gasteiger partial charge < -0.3 is 4.90 Å². The third kappa shape index (κ3) is 3.10. The Morgan fingerprint density at radius 1 is 1.23 bits per heavy atom. The lowest BCUT2D eigenvalue weighted by atomic mass is 10.1. The predicted molar refractivity (Wildman–Crippen MR) is 58.5 cm³/mol. The summed E-state index contributed by atoms with van der Waals surface area (Å²) in [6.45, 7) is 2.22. The summed E-state index contributed by atoms with van der Waals surface area (Å²) in [5.41, 5.74) is 2.78. The van der Waals surface area contributed by atoms with Crippen molar-refractivity contribution in [1.82, 2.24) is 4.90 Å². The van der Waals surface area contributed by atoms with Gasteiger partial charge in [-0.25, -0.2) is 0 Å². The van der Waals surface area contributed by atoms with Gasteiger partial charge in [-0.15, -0.1) is 0 Å². The van der Waals surface area contributed by atoms with Gasteiger partial charge in [0.25, 0.3) is 0 Å². The van der Waals surface area contributed by atoms with Crippen LogP contribution in [0.4, 0.5) is 0 Å². The first-order chi connectivity index (χ1) is 6.24. The second-order valence-corrected chi connectivity index (χ2v) is 3.62. The average molecular weight is 177 g/mol. The molecular formula is C12H19N. The van der Waals surface area contributed by atoms with Gasteiger partial charge in [0.05, 0.1) is 0 Å². The summed E-state index contributed by atoms with van der Waals surface area (Å²) in [4.78, 5) is 2.15. The molecule has 72 valence electrons. The predicted octanol–water partition coefficient (Wildman–Crippen LogP) is 3.12. The molecule has 0 amide bonds. The molecule has 0 aromatic heterocycles. The Morgan fingerprint density at radius 3 is 2.62 bits per heavy atom. The first-order valence-corrected chi connectivity index (χ1v) is 4.98. The number of hydrogen-bond acceptors (Lipinski definition) is 1. The lowest BCUT2D eigenvalue weighted by Crippen LogP contribution is -2.08. The molecule has 1 aliphatic rings. The fourth-order valence-corrected chi connectivity index (χ4v) is 1.47. The summed E-state index contributed by atoms with van der Waals surface area (Å²) in [7, 11) is 4.17. The molecule has 0 N–H and O–H groups in total. The molecule has 1 nitrogen and oxygen atoms in total. The van der Waals surface area contributed by atoms with Crippen molar-refractivity contribution in [2.24, 2.45) is 0 Å². The van der Waals surface area contributed by atoms with Gasteiger partial charge in [-0.1, -0.05) is 37.1 Å². The van der Waals surface area contributed by atoms with Crippen LogP contribution < -0.4 is 0 Å². The van der Waals surface area contributed by atoms with Crippen LogP contribution in [-0.2, 0) is 0 Å². The number of allylic oxidation sites excluding steroid dienone is 5.